The summed E-state index contributed by atoms with van der Waals surface area (Å²) in [5.41, 5.74) is 5.87. The van der Waals surface area contributed by atoms with Gasteiger partial charge in [0.05, 0.1) is 25.4 Å². The quantitative estimate of drug-likeness (QED) is 0.167. The van der Waals surface area contributed by atoms with Gasteiger partial charge in [0.2, 0.25) is 0 Å². The summed E-state index contributed by atoms with van der Waals surface area (Å²) >= 11 is 6.80. The standard InChI is InChI=1S/C32H26ClN3O3/c1-35-30-15-14-24(18-27(30)20-34-35)25-12-13-26(29(33)19-25)21-36(32(38)23-8-4-3-5-9-23)28-10-6-7-22(17-28)11-16-31(37)39-2/h3-20H,21H2,1-2H3. The molecule has 0 bridgehead atoms. The van der Waals surface area contributed by atoms with E-state index in [0.717, 1.165) is 33.2 Å². The van der Waals surface area contributed by atoms with Crippen molar-refractivity contribution in [3.8, 4) is 11.1 Å². The highest BCUT2D eigenvalue weighted by Gasteiger charge is 2.20. The summed E-state index contributed by atoms with van der Waals surface area (Å²) in [4.78, 5) is 26.9. The van der Waals surface area contributed by atoms with Gasteiger partial charge in [-0.1, -0.05) is 60.1 Å². The van der Waals surface area contributed by atoms with Crippen molar-refractivity contribution in [1.82, 2.24) is 9.78 Å². The molecule has 6 nitrogen and oxygen atoms in total. The SMILES string of the molecule is COC(=O)C=Cc1cccc(N(Cc2ccc(-c3ccc4c(cnn4C)c3)cc2Cl)C(=O)c2ccccc2)c1. The third-order valence-electron chi connectivity index (χ3n) is 6.52. The zero-order chi connectivity index (χ0) is 27.4. The van der Waals surface area contributed by atoms with E-state index in [-0.39, 0.29) is 12.5 Å². The maximum atomic E-state index is 13.7. The smallest absolute Gasteiger partial charge is 0.330 e. The van der Waals surface area contributed by atoms with Crippen LogP contribution in [0.5, 0.6) is 0 Å². The van der Waals surface area contributed by atoms with Crippen molar-refractivity contribution in [2.24, 2.45) is 7.05 Å². The van der Waals surface area contributed by atoms with E-state index in [9.17, 15) is 9.59 Å². The Morgan fingerprint density at radius 2 is 1.72 bits per heavy atom. The van der Waals surface area contributed by atoms with Crippen LogP contribution < -0.4 is 4.90 Å². The van der Waals surface area contributed by atoms with Crippen molar-refractivity contribution in [3.63, 3.8) is 0 Å². The van der Waals surface area contributed by atoms with E-state index in [1.807, 2.05) is 90.7 Å². The van der Waals surface area contributed by atoms with Crippen LogP contribution in [0.4, 0.5) is 5.69 Å². The number of hydrogen-bond acceptors (Lipinski definition) is 4. The highest BCUT2D eigenvalue weighted by Crippen LogP contribution is 2.30. The Morgan fingerprint density at radius 1 is 0.949 bits per heavy atom. The molecule has 0 aliphatic rings. The number of anilines is 1. The second kappa shape index (κ2) is 11.4. The van der Waals surface area contributed by atoms with Crippen LogP contribution in [0.1, 0.15) is 21.5 Å². The molecular weight excluding hydrogens is 510 g/mol. The van der Waals surface area contributed by atoms with E-state index in [1.165, 1.54) is 13.2 Å². The van der Waals surface area contributed by atoms with Crippen molar-refractivity contribution >= 4 is 46.1 Å². The Kier molecular flexibility index (Phi) is 7.57. The largest absolute Gasteiger partial charge is 0.466 e. The van der Waals surface area contributed by atoms with E-state index >= 15 is 0 Å². The number of carbonyl (C=O) groups excluding carboxylic acids is 2. The van der Waals surface area contributed by atoms with E-state index < -0.39 is 5.97 Å². The predicted octanol–water partition coefficient (Wildman–Crippen LogP) is 6.93. The van der Waals surface area contributed by atoms with Gasteiger partial charge < -0.3 is 9.64 Å². The molecule has 0 aliphatic heterocycles. The average molecular weight is 536 g/mol. The van der Waals surface area contributed by atoms with Gasteiger partial charge in [-0.3, -0.25) is 9.48 Å². The minimum Gasteiger partial charge on any atom is -0.466 e. The Labute approximate surface area is 231 Å². The summed E-state index contributed by atoms with van der Waals surface area (Å²) in [5.74, 6) is -0.612. The molecule has 0 spiro atoms. The first-order valence-electron chi connectivity index (χ1n) is 12.4. The van der Waals surface area contributed by atoms with Crippen LogP contribution in [0.15, 0.2) is 103 Å². The van der Waals surface area contributed by atoms with Crippen molar-refractivity contribution < 1.29 is 14.3 Å². The molecule has 0 atom stereocenters. The summed E-state index contributed by atoms with van der Waals surface area (Å²) in [6.07, 6.45) is 4.85. The van der Waals surface area contributed by atoms with E-state index in [4.69, 9.17) is 16.3 Å². The van der Waals surface area contributed by atoms with Gasteiger partial charge in [0.1, 0.15) is 0 Å². The van der Waals surface area contributed by atoms with Crippen LogP contribution in [-0.2, 0) is 23.1 Å². The molecule has 5 rings (SSSR count). The summed E-state index contributed by atoms with van der Waals surface area (Å²) in [6, 6.07) is 28.6. The molecule has 0 N–H and O–H groups in total. The van der Waals surface area contributed by atoms with Gasteiger partial charge in [-0.15, -0.1) is 0 Å². The number of aryl methyl sites for hydroxylation is 1. The number of benzene rings is 4. The maximum Gasteiger partial charge on any atom is 0.330 e. The summed E-state index contributed by atoms with van der Waals surface area (Å²) < 4.78 is 6.53. The summed E-state index contributed by atoms with van der Waals surface area (Å²) in [7, 11) is 3.25. The number of esters is 1. The summed E-state index contributed by atoms with van der Waals surface area (Å²) in [5, 5.41) is 5.94. The number of hydrogen-bond donors (Lipinski definition) is 0. The number of nitrogens with zero attached hydrogens (tertiary/aromatic N) is 3. The van der Waals surface area contributed by atoms with Gasteiger partial charge in [-0.05, 0) is 70.8 Å². The molecule has 0 fully saturated rings. The number of methoxy groups -OCH3 is 1. The van der Waals surface area contributed by atoms with Gasteiger partial charge in [0.25, 0.3) is 5.91 Å². The molecule has 0 unspecified atom stereocenters. The lowest BCUT2D eigenvalue weighted by molar-refractivity contribution is -0.134. The third kappa shape index (κ3) is 5.76. The number of aromatic nitrogens is 2. The predicted molar refractivity (Wildman–Crippen MR) is 156 cm³/mol. The number of rotatable bonds is 7. The molecule has 0 aliphatic carbocycles. The first-order chi connectivity index (χ1) is 18.9. The Bertz CT molecular complexity index is 1690. The first-order valence-corrected chi connectivity index (χ1v) is 12.7. The van der Waals surface area contributed by atoms with Gasteiger partial charge in [0, 0.05) is 34.8 Å². The highest BCUT2D eigenvalue weighted by molar-refractivity contribution is 6.31. The number of halogens is 1. The topological polar surface area (TPSA) is 64.4 Å². The molecule has 1 aromatic heterocycles. The number of amides is 1. The van der Waals surface area contributed by atoms with Crippen molar-refractivity contribution in [1.29, 1.82) is 0 Å². The second-order valence-electron chi connectivity index (χ2n) is 9.06. The zero-order valence-corrected chi connectivity index (χ0v) is 22.3. The van der Waals surface area contributed by atoms with Crippen molar-refractivity contribution in [2.45, 2.75) is 6.54 Å². The fraction of sp³-hybridized carbons (Fsp3) is 0.0938. The third-order valence-corrected chi connectivity index (χ3v) is 6.87. The fourth-order valence-electron chi connectivity index (χ4n) is 4.41. The number of fused-ring (bicyclic) bond motifs is 1. The van der Waals surface area contributed by atoms with E-state index in [2.05, 4.69) is 11.2 Å². The van der Waals surface area contributed by atoms with Crippen molar-refractivity contribution in [3.05, 3.63) is 125 Å². The average Bonchev–Trinajstić information content (AvgIpc) is 3.35. The number of ether oxygens (including phenoxy) is 1. The molecule has 39 heavy (non-hydrogen) atoms. The molecule has 1 amide bonds. The van der Waals surface area contributed by atoms with Crippen LogP contribution in [0, 0.1) is 0 Å². The van der Waals surface area contributed by atoms with E-state index in [0.29, 0.717) is 16.3 Å². The summed E-state index contributed by atoms with van der Waals surface area (Å²) in [6.45, 7) is 0.263. The maximum absolute atomic E-state index is 13.7. The minimum absolute atomic E-state index is 0.160. The van der Waals surface area contributed by atoms with Crippen LogP contribution in [0.2, 0.25) is 5.02 Å². The fourth-order valence-corrected chi connectivity index (χ4v) is 4.65. The molecule has 7 heteroatoms. The molecule has 1 heterocycles. The van der Waals surface area contributed by atoms with Gasteiger partial charge >= 0.3 is 5.97 Å². The molecule has 194 valence electrons. The lowest BCUT2D eigenvalue weighted by Crippen LogP contribution is -2.30. The zero-order valence-electron chi connectivity index (χ0n) is 21.5. The molecule has 0 saturated heterocycles. The molecule has 5 aromatic rings. The minimum atomic E-state index is -0.452. The lowest BCUT2D eigenvalue weighted by Gasteiger charge is -2.24. The van der Waals surface area contributed by atoms with Crippen LogP contribution >= 0.6 is 11.6 Å². The van der Waals surface area contributed by atoms with Crippen molar-refractivity contribution in [2.75, 3.05) is 12.0 Å². The number of carbonyl (C=O) groups is 2. The highest BCUT2D eigenvalue weighted by atomic mass is 35.5. The molecule has 0 radical (unpaired) electrons. The monoisotopic (exact) mass is 535 g/mol. The molecule has 4 aromatic carbocycles. The van der Waals surface area contributed by atoms with Gasteiger partial charge in [-0.2, -0.15) is 5.10 Å². The molecular formula is C32H26ClN3O3. The first kappa shape index (κ1) is 25.9. The van der Waals surface area contributed by atoms with Crippen LogP contribution in [0.25, 0.3) is 28.1 Å². The Morgan fingerprint density at radius 3 is 2.49 bits per heavy atom. The normalized spacial score (nSPS) is 11.2. The lowest BCUT2D eigenvalue weighted by atomic mass is 10.0. The Hall–Kier alpha value is -4.68. The van der Waals surface area contributed by atoms with Crippen LogP contribution in [0.3, 0.4) is 0 Å². The van der Waals surface area contributed by atoms with Crippen LogP contribution in [-0.4, -0.2) is 28.8 Å². The molecule has 0 saturated carbocycles. The Balaban J connectivity index is 1.48. The van der Waals surface area contributed by atoms with E-state index in [1.54, 1.807) is 23.1 Å². The van der Waals surface area contributed by atoms with Gasteiger partial charge in [-0.25, -0.2) is 4.79 Å². The van der Waals surface area contributed by atoms with Gasteiger partial charge in [0.15, 0.2) is 0 Å². The second-order valence-corrected chi connectivity index (χ2v) is 9.46.